The van der Waals surface area contributed by atoms with Crippen LogP contribution in [0, 0.1) is 11.3 Å². The Bertz CT molecular complexity index is 591. The molecule has 2 aromatic carbocycles. The van der Waals surface area contributed by atoms with E-state index in [4.69, 9.17) is 5.26 Å². The molecule has 0 amide bonds. The highest BCUT2D eigenvalue weighted by molar-refractivity contribution is 5.47. The summed E-state index contributed by atoms with van der Waals surface area (Å²) in [5.74, 6) is 0. The monoisotopic (exact) mass is 292 g/mol. The first kappa shape index (κ1) is 16.1. The molecule has 0 aliphatic heterocycles. The average molecular weight is 292 g/mol. The van der Waals surface area contributed by atoms with Crippen LogP contribution in [0.5, 0.6) is 0 Å². The average Bonchev–Trinajstić information content (AvgIpc) is 2.58. The Morgan fingerprint density at radius 3 is 2.18 bits per heavy atom. The molecular formula is C20H24N2. The zero-order chi connectivity index (χ0) is 15.6. The van der Waals surface area contributed by atoms with E-state index in [1.54, 1.807) is 0 Å². The van der Waals surface area contributed by atoms with E-state index in [1.807, 2.05) is 24.3 Å². The molecule has 0 spiro atoms. The largest absolute Gasteiger partial charge is 0.381 e. The van der Waals surface area contributed by atoms with Crippen LogP contribution in [0.4, 0.5) is 5.69 Å². The van der Waals surface area contributed by atoms with Gasteiger partial charge in [-0.3, -0.25) is 0 Å². The smallest absolute Gasteiger partial charge is 0.0991 e. The standard InChI is InChI=1S/C20H24N2/c1-2-3-4-5-6-17-7-9-19(10-8-17)16-22-20-13-11-18(15-21)12-14-20/h7-14,22H,2-6,16H2,1H3. The van der Waals surface area contributed by atoms with Crippen molar-refractivity contribution in [1.82, 2.24) is 0 Å². The van der Waals surface area contributed by atoms with Crippen LogP contribution in [0.1, 0.15) is 49.3 Å². The van der Waals surface area contributed by atoms with Gasteiger partial charge in [-0.1, -0.05) is 50.5 Å². The van der Waals surface area contributed by atoms with Gasteiger partial charge in [-0.2, -0.15) is 5.26 Å². The second-order valence-corrected chi connectivity index (χ2v) is 5.67. The first-order chi connectivity index (χ1) is 10.8. The van der Waals surface area contributed by atoms with Gasteiger partial charge in [0.1, 0.15) is 0 Å². The molecule has 2 aromatic rings. The number of nitriles is 1. The van der Waals surface area contributed by atoms with Crippen LogP contribution in [0.2, 0.25) is 0 Å². The van der Waals surface area contributed by atoms with Gasteiger partial charge in [-0.05, 0) is 48.2 Å². The molecule has 0 bridgehead atoms. The quantitative estimate of drug-likeness (QED) is 0.671. The maximum atomic E-state index is 8.78. The minimum Gasteiger partial charge on any atom is -0.381 e. The highest BCUT2D eigenvalue weighted by Crippen LogP contribution is 2.13. The van der Waals surface area contributed by atoms with Gasteiger partial charge in [0.15, 0.2) is 0 Å². The first-order valence-electron chi connectivity index (χ1n) is 8.13. The normalized spacial score (nSPS) is 10.2. The molecule has 2 rings (SSSR count). The van der Waals surface area contributed by atoms with Crippen LogP contribution >= 0.6 is 0 Å². The van der Waals surface area contributed by atoms with Gasteiger partial charge in [0.25, 0.3) is 0 Å². The Morgan fingerprint density at radius 1 is 0.864 bits per heavy atom. The molecule has 2 heteroatoms. The number of benzene rings is 2. The predicted octanol–water partition coefficient (Wildman–Crippen LogP) is 5.29. The van der Waals surface area contributed by atoms with Crippen molar-refractivity contribution in [3.8, 4) is 6.07 Å². The summed E-state index contributed by atoms with van der Waals surface area (Å²) < 4.78 is 0. The van der Waals surface area contributed by atoms with Crippen LogP contribution < -0.4 is 5.32 Å². The summed E-state index contributed by atoms with van der Waals surface area (Å²) in [6.45, 7) is 3.05. The fourth-order valence-electron chi connectivity index (χ4n) is 2.45. The first-order valence-corrected chi connectivity index (χ1v) is 8.13. The van der Waals surface area contributed by atoms with Crippen LogP contribution in [0.3, 0.4) is 0 Å². The lowest BCUT2D eigenvalue weighted by Crippen LogP contribution is -1.99. The SMILES string of the molecule is CCCCCCc1ccc(CNc2ccc(C#N)cc2)cc1. The van der Waals surface area contributed by atoms with Gasteiger partial charge < -0.3 is 5.32 Å². The molecular weight excluding hydrogens is 268 g/mol. The van der Waals surface area contributed by atoms with E-state index in [-0.39, 0.29) is 0 Å². The van der Waals surface area contributed by atoms with Crippen molar-refractivity contribution in [2.24, 2.45) is 0 Å². The second-order valence-electron chi connectivity index (χ2n) is 5.67. The van der Waals surface area contributed by atoms with Crippen molar-refractivity contribution in [2.75, 3.05) is 5.32 Å². The second kappa shape index (κ2) is 8.89. The van der Waals surface area contributed by atoms with E-state index in [2.05, 4.69) is 42.6 Å². The summed E-state index contributed by atoms with van der Waals surface area (Å²) in [5, 5.41) is 12.2. The Morgan fingerprint density at radius 2 is 1.55 bits per heavy atom. The molecule has 0 aliphatic rings. The summed E-state index contributed by atoms with van der Waals surface area (Å²) >= 11 is 0. The number of hydrogen-bond acceptors (Lipinski definition) is 2. The molecule has 0 fully saturated rings. The highest BCUT2D eigenvalue weighted by atomic mass is 14.9. The third kappa shape index (κ3) is 5.26. The fourth-order valence-corrected chi connectivity index (χ4v) is 2.45. The molecule has 0 aromatic heterocycles. The van der Waals surface area contributed by atoms with Gasteiger partial charge >= 0.3 is 0 Å². The van der Waals surface area contributed by atoms with E-state index < -0.39 is 0 Å². The fraction of sp³-hybridized carbons (Fsp3) is 0.350. The number of hydrogen-bond donors (Lipinski definition) is 1. The topological polar surface area (TPSA) is 35.8 Å². The molecule has 0 saturated carbocycles. The van der Waals surface area contributed by atoms with Crippen molar-refractivity contribution in [2.45, 2.75) is 45.6 Å². The van der Waals surface area contributed by atoms with Gasteiger partial charge in [0.05, 0.1) is 11.6 Å². The maximum absolute atomic E-state index is 8.78. The van der Waals surface area contributed by atoms with Crippen molar-refractivity contribution in [1.29, 1.82) is 5.26 Å². The molecule has 0 heterocycles. The molecule has 2 nitrogen and oxygen atoms in total. The van der Waals surface area contributed by atoms with Gasteiger partial charge in [-0.25, -0.2) is 0 Å². The van der Waals surface area contributed by atoms with Gasteiger partial charge in [0.2, 0.25) is 0 Å². The van der Waals surface area contributed by atoms with Crippen molar-refractivity contribution in [3.05, 3.63) is 65.2 Å². The summed E-state index contributed by atoms with van der Waals surface area (Å²) in [5.41, 5.74) is 4.44. The molecule has 114 valence electrons. The van der Waals surface area contributed by atoms with E-state index in [9.17, 15) is 0 Å². The van der Waals surface area contributed by atoms with Crippen LogP contribution in [0.25, 0.3) is 0 Å². The number of anilines is 1. The zero-order valence-corrected chi connectivity index (χ0v) is 13.3. The third-order valence-electron chi connectivity index (χ3n) is 3.85. The lowest BCUT2D eigenvalue weighted by atomic mass is 10.0. The Hall–Kier alpha value is -2.27. The summed E-state index contributed by atoms with van der Waals surface area (Å²) in [7, 11) is 0. The summed E-state index contributed by atoms with van der Waals surface area (Å²) in [6, 6.07) is 18.6. The number of unbranched alkanes of at least 4 members (excludes halogenated alkanes) is 3. The molecule has 1 N–H and O–H groups in total. The lowest BCUT2D eigenvalue weighted by molar-refractivity contribution is 0.667. The maximum Gasteiger partial charge on any atom is 0.0991 e. The Kier molecular flexibility index (Phi) is 6.51. The van der Waals surface area contributed by atoms with Crippen LogP contribution in [0.15, 0.2) is 48.5 Å². The molecule has 0 atom stereocenters. The number of aryl methyl sites for hydroxylation is 1. The van der Waals surface area contributed by atoms with Gasteiger partial charge in [-0.15, -0.1) is 0 Å². The van der Waals surface area contributed by atoms with Gasteiger partial charge in [0, 0.05) is 12.2 Å². The van der Waals surface area contributed by atoms with E-state index >= 15 is 0 Å². The molecule has 0 aliphatic carbocycles. The Labute approximate surface area is 133 Å². The van der Waals surface area contributed by atoms with Crippen LogP contribution in [-0.2, 0) is 13.0 Å². The molecule has 0 radical (unpaired) electrons. The van der Waals surface area contributed by atoms with E-state index in [1.165, 1.54) is 43.2 Å². The molecule has 0 saturated heterocycles. The van der Waals surface area contributed by atoms with Crippen molar-refractivity contribution in [3.63, 3.8) is 0 Å². The van der Waals surface area contributed by atoms with Crippen molar-refractivity contribution < 1.29 is 0 Å². The van der Waals surface area contributed by atoms with Crippen molar-refractivity contribution >= 4 is 5.69 Å². The number of rotatable bonds is 8. The molecule has 0 unspecified atom stereocenters. The zero-order valence-electron chi connectivity index (χ0n) is 13.3. The Balaban J connectivity index is 1.79. The van der Waals surface area contributed by atoms with E-state index in [0.29, 0.717) is 5.56 Å². The minimum atomic E-state index is 0.693. The lowest BCUT2D eigenvalue weighted by Gasteiger charge is -2.08. The summed E-state index contributed by atoms with van der Waals surface area (Å²) in [6.07, 6.45) is 6.44. The minimum absolute atomic E-state index is 0.693. The highest BCUT2D eigenvalue weighted by Gasteiger charge is 1.97. The third-order valence-corrected chi connectivity index (χ3v) is 3.85. The molecule has 22 heavy (non-hydrogen) atoms. The van der Waals surface area contributed by atoms with Crippen LogP contribution in [-0.4, -0.2) is 0 Å². The van der Waals surface area contributed by atoms with E-state index in [0.717, 1.165) is 12.2 Å². The number of nitrogens with one attached hydrogen (secondary N) is 1. The number of nitrogens with zero attached hydrogens (tertiary/aromatic N) is 1. The predicted molar refractivity (Wildman–Crippen MR) is 92.8 cm³/mol. The summed E-state index contributed by atoms with van der Waals surface area (Å²) in [4.78, 5) is 0.